The molecule has 32 heavy (non-hydrogen) atoms. The third-order valence-electron chi connectivity index (χ3n) is 4.47. The number of carbonyl (C=O) groups excluding carboxylic acids is 2. The standard InChI is InChI=1S/C22H21BrN2O6S/c1-3-9-31-20-16(23)10-14(11-18(20)30-4-2)12-19-21(26)24(22(27)32-19)13-15-7-5-6-8-17(15)25(28)29/h5-8,10-12H,3-4,9,13H2,1-2H3/b19-12-. The Balaban J connectivity index is 1.88. The summed E-state index contributed by atoms with van der Waals surface area (Å²) < 4.78 is 12.1. The molecule has 0 radical (unpaired) electrons. The van der Waals surface area contributed by atoms with Crippen molar-refractivity contribution in [2.24, 2.45) is 0 Å². The van der Waals surface area contributed by atoms with Crippen LogP contribution in [0.1, 0.15) is 31.4 Å². The van der Waals surface area contributed by atoms with Gasteiger partial charge in [0.05, 0.1) is 34.1 Å². The van der Waals surface area contributed by atoms with Crippen molar-refractivity contribution in [3.63, 3.8) is 0 Å². The number of nitro benzene ring substituents is 1. The van der Waals surface area contributed by atoms with Crippen molar-refractivity contribution in [1.29, 1.82) is 0 Å². The van der Waals surface area contributed by atoms with Crippen LogP contribution in [0.25, 0.3) is 6.08 Å². The third kappa shape index (κ3) is 5.31. The van der Waals surface area contributed by atoms with Gasteiger partial charge in [0, 0.05) is 11.6 Å². The highest BCUT2D eigenvalue weighted by atomic mass is 79.9. The van der Waals surface area contributed by atoms with Gasteiger partial charge in [-0.1, -0.05) is 25.1 Å². The highest BCUT2D eigenvalue weighted by molar-refractivity contribution is 9.10. The number of para-hydroxylation sites is 1. The molecule has 2 aromatic carbocycles. The van der Waals surface area contributed by atoms with Crippen molar-refractivity contribution in [1.82, 2.24) is 4.90 Å². The maximum atomic E-state index is 12.9. The molecule has 0 N–H and O–H groups in total. The van der Waals surface area contributed by atoms with Crippen molar-refractivity contribution < 1.29 is 24.0 Å². The third-order valence-corrected chi connectivity index (χ3v) is 5.97. The number of rotatable bonds is 9. The predicted octanol–water partition coefficient (Wildman–Crippen LogP) is 5.78. The zero-order valence-corrected chi connectivity index (χ0v) is 19.9. The van der Waals surface area contributed by atoms with E-state index in [2.05, 4.69) is 15.9 Å². The van der Waals surface area contributed by atoms with Gasteiger partial charge in [-0.05, 0) is 64.8 Å². The summed E-state index contributed by atoms with van der Waals surface area (Å²) in [5.74, 6) is 0.606. The molecule has 168 valence electrons. The van der Waals surface area contributed by atoms with Crippen molar-refractivity contribution in [2.45, 2.75) is 26.8 Å². The molecule has 1 heterocycles. The van der Waals surface area contributed by atoms with Gasteiger partial charge in [-0.15, -0.1) is 0 Å². The maximum absolute atomic E-state index is 12.9. The monoisotopic (exact) mass is 520 g/mol. The van der Waals surface area contributed by atoms with Gasteiger partial charge in [-0.2, -0.15) is 0 Å². The number of halogens is 1. The van der Waals surface area contributed by atoms with E-state index in [0.29, 0.717) is 40.3 Å². The highest BCUT2D eigenvalue weighted by Crippen LogP contribution is 2.40. The van der Waals surface area contributed by atoms with E-state index in [-0.39, 0.29) is 17.1 Å². The number of thioether (sulfide) groups is 1. The lowest BCUT2D eigenvalue weighted by Gasteiger charge is -2.14. The largest absolute Gasteiger partial charge is 0.490 e. The van der Waals surface area contributed by atoms with Crippen LogP contribution in [0.3, 0.4) is 0 Å². The first-order chi connectivity index (χ1) is 15.3. The molecule has 8 nitrogen and oxygen atoms in total. The lowest BCUT2D eigenvalue weighted by molar-refractivity contribution is -0.385. The minimum Gasteiger partial charge on any atom is -0.490 e. The average Bonchev–Trinajstić information content (AvgIpc) is 3.01. The Morgan fingerprint density at radius 2 is 1.94 bits per heavy atom. The van der Waals surface area contributed by atoms with Crippen LogP contribution in [0.15, 0.2) is 45.8 Å². The van der Waals surface area contributed by atoms with E-state index < -0.39 is 16.1 Å². The topological polar surface area (TPSA) is 99.0 Å². The number of nitro groups is 1. The predicted molar refractivity (Wildman–Crippen MR) is 126 cm³/mol. The van der Waals surface area contributed by atoms with Crippen molar-refractivity contribution in [3.8, 4) is 11.5 Å². The maximum Gasteiger partial charge on any atom is 0.293 e. The SMILES string of the molecule is CCCOc1c(Br)cc(/C=C2\SC(=O)N(Cc3ccccc3[N+](=O)[O-])C2=O)cc1OCC. The van der Waals surface area contributed by atoms with E-state index in [0.717, 1.165) is 23.1 Å². The first-order valence-corrected chi connectivity index (χ1v) is 11.5. The van der Waals surface area contributed by atoms with Crippen LogP contribution in [0.5, 0.6) is 11.5 Å². The molecular weight excluding hydrogens is 500 g/mol. The van der Waals surface area contributed by atoms with Crippen molar-refractivity contribution >= 4 is 50.6 Å². The van der Waals surface area contributed by atoms with Gasteiger partial charge in [-0.3, -0.25) is 24.6 Å². The van der Waals surface area contributed by atoms with Crippen LogP contribution in [0.4, 0.5) is 10.5 Å². The Bertz CT molecular complexity index is 1090. The van der Waals surface area contributed by atoms with Crippen LogP contribution in [0, 0.1) is 10.1 Å². The molecule has 0 spiro atoms. The first-order valence-electron chi connectivity index (χ1n) is 9.92. The second-order valence-electron chi connectivity index (χ2n) is 6.77. The Morgan fingerprint density at radius 3 is 2.62 bits per heavy atom. The normalized spacial score (nSPS) is 14.8. The fraction of sp³-hybridized carbons (Fsp3) is 0.273. The molecule has 0 bridgehead atoms. The summed E-state index contributed by atoms with van der Waals surface area (Å²) in [6, 6.07) is 9.58. The molecular formula is C22H21BrN2O6S. The fourth-order valence-corrected chi connectivity index (χ4v) is 4.47. The Morgan fingerprint density at radius 1 is 1.19 bits per heavy atom. The number of imide groups is 1. The van der Waals surface area contributed by atoms with Crippen molar-refractivity contribution in [2.75, 3.05) is 13.2 Å². The van der Waals surface area contributed by atoms with Crippen LogP contribution >= 0.6 is 27.7 Å². The van der Waals surface area contributed by atoms with Gasteiger partial charge < -0.3 is 9.47 Å². The molecule has 1 aliphatic heterocycles. The zero-order valence-electron chi connectivity index (χ0n) is 17.5. The number of carbonyl (C=O) groups is 2. The van der Waals surface area contributed by atoms with Crippen LogP contribution < -0.4 is 9.47 Å². The quantitative estimate of drug-likeness (QED) is 0.234. The summed E-state index contributed by atoms with van der Waals surface area (Å²) in [5, 5.41) is 10.8. The van der Waals surface area contributed by atoms with Crippen LogP contribution in [-0.4, -0.2) is 34.2 Å². The van der Waals surface area contributed by atoms with E-state index in [9.17, 15) is 19.7 Å². The summed E-state index contributed by atoms with van der Waals surface area (Å²) in [7, 11) is 0. The number of amides is 2. The van der Waals surface area contributed by atoms with Gasteiger partial charge in [0.1, 0.15) is 0 Å². The number of hydrogen-bond donors (Lipinski definition) is 0. The molecule has 0 saturated carbocycles. The molecule has 0 aliphatic carbocycles. The van der Waals surface area contributed by atoms with E-state index in [1.54, 1.807) is 24.3 Å². The van der Waals surface area contributed by atoms with Gasteiger partial charge in [0.25, 0.3) is 16.8 Å². The van der Waals surface area contributed by atoms with Crippen LogP contribution in [0.2, 0.25) is 0 Å². The van der Waals surface area contributed by atoms with Crippen LogP contribution in [-0.2, 0) is 11.3 Å². The zero-order chi connectivity index (χ0) is 23.3. The Labute approximate surface area is 197 Å². The van der Waals surface area contributed by atoms with Gasteiger partial charge in [-0.25, -0.2) is 0 Å². The number of nitrogens with zero attached hydrogens (tertiary/aromatic N) is 2. The molecule has 0 atom stereocenters. The molecule has 1 saturated heterocycles. The van der Waals surface area contributed by atoms with E-state index in [1.165, 1.54) is 18.2 Å². The summed E-state index contributed by atoms with van der Waals surface area (Å²) in [6.07, 6.45) is 2.44. The summed E-state index contributed by atoms with van der Waals surface area (Å²) in [6.45, 7) is 4.66. The molecule has 2 amide bonds. The lowest BCUT2D eigenvalue weighted by atomic mass is 10.1. The van der Waals surface area contributed by atoms with Crippen molar-refractivity contribution in [3.05, 3.63) is 67.0 Å². The molecule has 0 aromatic heterocycles. The summed E-state index contributed by atoms with van der Waals surface area (Å²) in [5.41, 5.74) is 0.809. The summed E-state index contributed by atoms with van der Waals surface area (Å²) in [4.78, 5) is 37.3. The first kappa shape index (κ1) is 23.8. The number of benzene rings is 2. The average molecular weight is 521 g/mol. The lowest BCUT2D eigenvalue weighted by Crippen LogP contribution is -2.27. The molecule has 10 heteroatoms. The second-order valence-corrected chi connectivity index (χ2v) is 8.61. The molecule has 0 unspecified atom stereocenters. The van der Waals surface area contributed by atoms with Gasteiger partial charge in [0.15, 0.2) is 11.5 Å². The Kier molecular flexibility index (Phi) is 7.92. The van der Waals surface area contributed by atoms with Gasteiger partial charge in [0.2, 0.25) is 0 Å². The number of ether oxygens (including phenoxy) is 2. The smallest absolute Gasteiger partial charge is 0.293 e. The molecule has 1 aliphatic rings. The minimum atomic E-state index is -0.529. The minimum absolute atomic E-state index is 0.136. The molecule has 2 aromatic rings. The van der Waals surface area contributed by atoms with Gasteiger partial charge >= 0.3 is 0 Å². The second kappa shape index (κ2) is 10.6. The van der Waals surface area contributed by atoms with E-state index in [4.69, 9.17) is 9.47 Å². The van der Waals surface area contributed by atoms with E-state index in [1.807, 2.05) is 13.8 Å². The van der Waals surface area contributed by atoms with E-state index >= 15 is 0 Å². The Hall–Kier alpha value is -2.85. The molecule has 3 rings (SSSR count). The highest BCUT2D eigenvalue weighted by Gasteiger charge is 2.36. The number of hydrogen-bond acceptors (Lipinski definition) is 7. The molecule has 1 fully saturated rings. The fourth-order valence-electron chi connectivity index (χ4n) is 3.06. The summed E-state index contributed by atoms with van der Waals surface area (Å²) >= 11 is 4.28.